The van der Waals surface area contributed by atoms with Crippen LogP contribution in [0.2, 0.25) is 0 Å². The summed E-state index contributed by atoms with van der Waals surface area (Å²) in [5.74, 6) is 2.13. The number of hydrogen-bond donors (Lipinski definition) is 0. The number of nitrogens with zero attached hydrogens (tertiary/aromatic N) is 3. The Kier molecular flexibility index (Phi) is 5.38. The molecule has 0 N–H and O–H groups in total. The van der Waals surface area contributed by atoms with Gasteiger partial charge in [-0.2, -0.15) is 0 Å². The fourth-order valence-electron chi connectivity index (χ4n) is 3.84. The number of aromatic nitrogens is 2. The highest BCUT2D eigenvalue weighted by Gasteiger charge is 2.33. The minimum absolute atomic E-state index is 0.0237. The van der Waals surface area contributed by atoms with Gasteiger partial charge in [0.15, 0.2) is 0 Å². The summed E-state index contributed by atoms with van der Waals surface area (Å²) >= 11 is 0. The zero-order valence-electron chi connectivity index (χ0n) is 15.6. The molecule has 2 fully saturated rings. The Hall–Kier alpha value is -2.41. The summed E-state index contributed by atoms with van der Waals surface area (Å²) in [5, 5.41) is 8.58. The number of methoxy groups -OCH3 is 1. The molecule has 27 heavy (non-hydrogen) atoms. The molecule has 0 spiro atoms. The van der Waals surface area contributed by atoms with E-state index in [1.54, 1.807) is 13.2 Å². The first-order valence-electron chi connectivity index (χ1n) is 9.62. The van der Waals surface area contributed by atoms with Crippen molar-refractivity contribution < 1.29 is 18.7 Å². The summed E-state index contributed by atoms with van der Waals surface area (Å²) in [5.41, 5.74) is 0.616. The van der Waals surface area contributed by atoms with Gasteiger partial charge in [0.25, 0.3) is 5.91 Å². The van der Waals surface area contributed by atoms with Crippen molar-refractivity contribution in [1.82, 2.24) is 15.1 Å². The number of hydrogen-bond acceptors (Lipinski definition) is 6. The topological polar surface area (TPSA) is 77.7 Å². The summed E-state index contributed by atoms with van der Waals surface area (Å²) < 4.78 is 16.7. The Bertz CT molecular complexity index is 785. The number of benzene rings is 1. The summed E-state index contributed by atoms with van der Waals surface area (Å²) in [4.78, 5) is 15.0. The second-order valence-corrected chi connectivity index (χ2v) is 7.11. The van der Waals surface area contributed by atoms with Gasteiger partial charge >= 0.3 is 0 Å². The maximum absolute atomic E-state index is 13.1. The van der Waals surface area contributed by atoms with Crippen LogP contribution < -0.4 is 4.74 Å². The Morgan fingerprint density at radius 1 is 1.15 bits per heavy atom. The first-order valence-corrected chi connectivity index (χ1v) is 9.62. The highest BCUT2D eigenvalue weighted by atomic mass is 16.5. The molecule has 2 aliphatic rings. The number of likely N-dealkylation sites (tertiary alicyclic amines) is 1. The number of amides is 1. The van der Waals surface area contributed by atoms with Gasteiger partial charge < -0.3 is 18.8 Å². The van der Waals surface area contributed by atoms with E-state index in [0.717, 1.165) is 45.3 Å². The van der Waals surface area contributed by atoms with Gasteiger partial charge in [0.1, 0.15) is 11.8 Å². The lowest BCUT2D eigenvalue weighted by Gasteiger charge is -2.33. The highest BCUT2D eigenvalue weighted by molar-refractivity contribution is 5.94. The van der Waals surface area contributed by atoms with Crippen LogP contribution in [0.3, 0.4) is 0 Å². The van der Waals surface area contributed by atoms with Crippen LogP contribution in [-0.4, -0.2) is 47.9 Å². The molecule has 0 bridgehead atoms. The smallest absolute Gasteiger partial charge is 0.254 e. The van der Waals surface area contributed by atoms with E-state index in [9.17, 15) is 4.79 Å². The Morgan fingerprint density at radius 3 is 2.78 bits per heavy atom. The Morgan fingerprint density at radius 2 is 1.96 bits per heavy atom. The van der Waals surface area contributed by atoms with E-state index < -0.39 is 0 Å². The fraction of sp³-hybridized carbons (Fsp3) is 0.550. The van der Waals surface area contributed by atoms with E-state index in [4.69, 9.17) is 13.9 Å². The van der Waals surface area contributed by atoms with Crippen LogP contribution in [-0.2, 0) is 4.74 Å². The van der Waals surface area contributed by atoms with Crippen LogP contribution in [0.25, 0.3) is 0 Å². The number of ether oxygens (including phenoxy) is 2. The molecule has 1 aromatic carbocycles. The summed E-state index contributed by atoms with van der Waals surface area (Å²) in [6.07, 6.45) is 4.66. The van der Waals surface area contributed by atoms with Crippen molar-refractivity contribution in [3.8, 4) is 5.75 Å². The van der Waals surface area contributed by atoms with Crippen molar-refractivity contribution in [2.45, 2.75) is 44.1 Å². The van der Waals surface area contributed by atoms with E-state index in [1.165, 1.54) is 0 Å². The minimum atomic E-state index is -0.168. The number of piperidine rings is 1. The number of rotatable bonds is 4. The van der Waals surface area contributed by atoms with Crippen molar-refractivity contribution in [2.75, 3.05) is 26.9 Å². The van der Waals surface area contributed by atoms with Crippen LogP contribution in [0.15, 0.2) is 28.7 Å². The molecule has 2 saturated heterocycles. The van der Waals surface area contributed by atoms with E-state index in [1.807, 2.05) is 23.1 Å². The van der Waals surface area contributed by atoms with Gasteiger partial charge in [0.2, 0.25) is 11.8 Å². The Labute approximate surface area is 158 Å². The lowest BCUT2D eigenvalue weighted by atomic mass is 10.00. The maximum atomic E-state index is 13.1. The first-order chi connectivity index (χ1) is 13.3. The van der Waals surface area contributed by atoms with E-state index in [0.29, 0.717) is 29.6 Å². The monoisotopic (exact) mass is 371 g/mol. The Balaban J connectivity index is 1.55. The van der Waals surface area contributed by atoms with Gasteiger partial charge in [-0.05, 0) is 50.3 Å². The molecule has 2 aromatic rings. The van der Waals surface area contributed by atoms with Gasteiger partial charge in [-0.15, -0.1) is 10.2 Å². The molecule has 0 aliphatic carbocycles. The zero-order chi connectivity index (χ0) is 18.6. The lowest BCUT2D eigenvalue weighted by molar-refractivity contribution is 0.0561. The van der Waals surface area contributed by atoms with Crippen molar-refractivity contribution >= 4 is 5.91 Å². The van der Waals surface area contributed by atoms with Gasteiger partial charge in [0, 0.05) is 31.2 Å². The molecule has 144 valence electrons. The zero-order valence-corrected chi connectivity index (χ0v) is 15.6. The molecule has 3 heterocycles. The van der Waals surface area contributed by atoms with E-state index in [-0.39, 0.29) is 17.9 Å². The fourth-order valence-corrected chi connectivity index (χ4v) is 3.84. The second kappa shape index (κ2) is 8.08. The average Bonchev–Trinajstić information content (AvgIpc) is 3.24. The molecule has 0 unspecified atom stereocenters. The summed E-state index contributed by atoms with van der Waals surface area (Å²) in [6, 6.07) is 7.09. The van der Waals surface area contributed by atoms with Crippen molar-refractivity contribution in [1.29, 1.82) is 0 Å². The highest BCUT2D eigenvalue weighted by Crippen LogP contribution is 2.34. The van der Waals surface area contributed by atoms with Crippen molar-refractivity contribution in [3.05, 3.63) is 41.6 Å². The van der Waals surface area contributed by atoms with Gasteiger partial charge in [0.05, 0.1) is 7.11 Å². The molecule has 0 saturated carbocycles. The lowest BCUT2D eigenvalue weighted by Crippen LogP contribution is -2.38. The predicted octanol–water partition coefficient (Wildman–Crippen LogP) is 3.34. The summed E-state index contributed by atoms with van der Waals surface area (Å²) in [6.45, 7) is 2.15. The normalized spacial score (nSPS) is 21.2. The SMILES string of the molecule is COc1cccc(C(=O)N2CCCC[C@H]2c2nnc(C3CCOCC3)o2)c1. The summed E-state index contributed by atoms with van der Waals surface area (Å²) in [7, 11) is 1.60. The molecule has 1 amide bonds. The van der Waals surface area contributed by atoms with Crippen molar-refractivity contribution in [3.63, 3.8) is 0 Å². The van der Waals surface area contributed by atoms with Crippen LogP contribution in [0, 0.1) is 0 Å². The average molecular weight is 371 g/mol. The molecule has 7 nitrogen and oxygen atoms in total. The minimum Gasteiger partial charge on any atom is -0.497 e. The molecule has 2 aliphatic heterocycles. The predicted molar refractivity (Wildman–Crippen MR) is 97.7 cm³/mol. The molecular formula is C20H25N3O4. The molecule has 1 aromatic heterocycles. The third-order valence-corrected chi connectivity index (χ3v) is 5.39. The third-order valence-electron chi connectivity index (χ3n) is 5.39. The van der Waals surface area contributed by atoms with Crippen LogP contribution in [0.1, 0.15) is 66.2 Å². The molecule has 4 rings (SSSR count). The largest absolute Gasteiger partial charge is 0.497 e. The maximum Gasteiger partial charge on any atom is 0.254 e. The molecule has 0 radical (unpaired) electrons. The second-order valence-electron chi connectivity index (χ2n) is 7.11. The third kappa shape index (κ3) is 3.83. The van der Waals surface area contributed by atoms with Crippen LogP contribution in [0.4, 0.5) is 0 Å². The molecule has 7 heteroatoms. The number of carbonyl (C=O) groups is 1. The van der Waals surface area contributed by atoms with E-state index in [2.05, 4.69) is 10.2 Å². The first kappa shape index (κ1) is 18.0. The van der Waals surface area contributed by atoms with Crippen molar-refractivity contribution in [2.24, 2.45) is 0 Å². The van der Waals surface area contributed by atoms with Gasteiger partial charge in [-0.25, -0.2) is 0 Å². The molecule has 1 atom stereocenters. The quantitative estimate of drug-likeness (QED) is 0.820. The van der Waals surface area contributed by atoms with Gasteiger partial charge in [-0.3, -0.25) is 4.79 Å². The number of carbonyl (C=O) groups excluding carboxylic acids is 1. The van der Waals surface area contributed by atoms with E-state index >= 15 is 0 Å². The standard InChI is InChI=1S/C20H25N3O4/c1-25-16-6-4-5-15(13-16)20(24)23-10-3-2-7-17(23)19-22-21-18(27-19)14-8-11-26-12-9-14/h4-6,13-14,17H,2-3,7-12H2,1H3/t17-/m0/s1. The van der Waals surface area contributed by atoms with Crippen LogP contribution >= 0.6 is 0 Å². The van der Waals surface area contributed by atoms with Gasteiger partial charge in [-0.1, -0.05) is 6.07 Å². The van der Waals surface area contributed by atoms with Crippen LogP contribution in [0.5, 0.6) is 5.75 Å². The molecular weight excluding hydrogens is 346 g/mol.